The maximum absolute atomic E-state index is 6.02. The average molecular weight is 356 g/mol. The van der Waals surface area contributed by atoms with E-state index in [9.17, 15) is 0 Å². The molecule has 0 radical (unpaired) electrons. The third kappa shape index (κ3) is 2.57. The van der Waals surface area contributed by atoms with Gasteiger partial charge >= 0.3 is 0 Å². The zero-order valence-electron chi connectivity index (χ0n) is 10.4. The highest BCUT2D eigenvalue weighted by Gasteiger charge is 2.11. The summed E-state index contributed by atoms with van der Waals surface area (Å²) in [4.78, 5) is 7.24. The maximum Gasteiger partial charge on any atom is 0.125 e. The Morgan fingerprint density at radius 1 is 1.32 bits per heavy atom. The van der Waals surface area contributed by atoms with Crippen LogP contribution in [0, 0.1) is 6.92 Å². The lowest BCUT2D eigenvalue weighted by molar-refractivity contribution is 0.789. The highest BCUT2D eigenvalue weighted by molar-refractivity contribution is 9.10. The van der Waals surface area contributed by atoms with Crippen LogP contribution >= 0.6 is 38.9 Å². The number of fused-ring (bicyclic) bond motifs is 1. The van der Waals surface area contributed by atoms with Gasteiger partial charge in [-0.15, -0.1) is 22.9 Å². The molecule has 0 amide bonds. The standard InChI is InChI=1S/C14H12BrClN2S/c1-9-2-4-11(19-9)8-18-13-6-10(15)3-5-12(13)17-14(18)7-16/h2-6H,7-8H2,1H3. The van der Waals surface area contributed by atoms with Crippen molar-refractivity contribution < 1.29 is 0 Å². The number of halogens is 2. The molecule has 0 aliphatic heterocycles. The molecule has 0 spiro atoms. The van der Waals surface area contributed by atoms with E-state index >= 15 is 0 Å². The fraction of sp³-hybridized carbons (Fsp3) is 0.214. The Balaban J connectivity index is 2.12. The lowest BCUT2D eigenvalue weighted by Crippen LogP contribution is -2.02. The third-order valence-corrected chi connectivity index (χ3v) is 4.74. The molecular formula is C14H12BrClN2S. The van der Waals surface area contributed by atoms with E-state index in [4.69, 9.17) is 11.6 Å². The lowest BCUT2D eigenvalue weighted by Gasteiger charge is -2.06. The normalized spacial score (nSPS) is 11.3. The van der Waals surface area contributed by atoms with Gasteiger partial charge in [0.15, 0.2) is 0 Å². The van der Waals surface area contributed by atoms with E-state index in [-0.39, 0.29) is 0 Å². The van der Waals surface area contributed by atoms with Gasteiger partial charge in [-0.25, -0.2) is 4.98 Å². The molecule has 5 heteroatoms. The van der Waals surface area contributed by atoms with Crippen LogP contribution in [0.5, 0.6) is 0 Å². The van der Waals surface area contributed by atoms with Crippen molar-refractivity contribution >= 4 is 49.9 Å². The Labute approximate surface area is 129 Å². The predicted molar refractivity (Wildman–Crippen MR) is 85.1 cm³/mol. The highest BCUT2D eigenvalue weighted by Crippen LogP contribution is 2.25. The Bertz CT molecular complexity index is 732. The van der Waals surface area contributed by atoms with Crippen LogP contribution in [0.4, 0.5) is 0 Å². The van der Waals surface area contributed by atoms with Crippen molar-refractivity contribution in [1.29, 1.82) is 0 Å². The van der Waals surface area contributed by atoms with Gasteiger partial charge in [-0.2, -0.15) is 0 Å². The van der Waals surface area contributed by atoms with Crippen LogP contribution in [0.3, 0.4) is 0 Å². The highest BCUT2D eigenvalue weighted by atomic mass is 79.9. The molecule has 0 aliphatic rings. The van der Waals surface area contributed by atoms with Crippen molar-refractivity contribution in [3.05, 3.63) is 50.4 Å². The molecule has 0 bridgehead atoms. The van der Waals surface area contributed by atoms with Gasteiger partial charge < -0.3 is 4.57 Å². The van der Waals surface area contributed by atoms with Crippen LogP contribution in [0.15, 0.2) is 34.8 Å². The SMILES string of the molecule is Cc1ccc(Cn2c(CCl)nc3ccc(Br)cc32)s1. The summed E-state index contributed by atoms with van der Waals surface area (Å²) >= 11 is 11.4. The second-order valence-corrected chi connectivity index (χ2v) is 6.95. The van der Waals surface area contributed by atoms with Crippen LogP contribution in [0.25, 0.3) is 11.0 Å². The van der Waals surface area contributed by atoms with E-state index in [0.717, 1.165) is 27.9 Å². The first-order valence-corrected chi connectivity index (χ1v) is 8.07. The van der Waals surface area contributed by atoms with Crippen LogP contribution in [-0.4, -0.2) is 9.55 Å². The number of aromatic nitrogens is 2. The molecule has 2 heterocycles. The first kappa shape index (κ1) is 13.2. The molecule has 0 atom stereocenters. The van der Waals surface area contributed by atoms with Crippen molar-refractivity contribution in [3.63, 3.8) is 0 Å². The summed E-state index contributed by atoms with van der Waals surface area (Å²) in [7, 11) is 0. The second kappa shape index (κ2) is 5.27. The van der Waals surface area contributed by atoms with Gasteiger partial charge in [-0.3, -0.25) is 0 Å². The molecule has 3 rings (SSSR count). The molecule has 0 saturated heterocycles. The summed E-state index contributed by atoms with van der Waals surface area (Å²) in [6.07, 6.45) is 0. The molecular weight excluding hydrogens is 344 g/mol. The molecule has 19 heavy (non-hydrogen) atoms. The summed E-state index contributed by atoms with van der Waals surface area (Å²) in [5, 5.41) is 0. The number of alkyl halides is 1. The summed E-state index contributed by atoms with van der Waals surface area (Å²) in [6.45, 7) is 2.95. The van der Waals surface area contributed by atoms with Crippen LogP contribution < -0.4 is 0 Å². The third-order valence-electron chi connectivity index (χ3n) is 3.02. The van der Waals surface area contributed by atoms with Gasteiger partial charge in [0.05, 0.1) is 23.5 Å². The zero-order valence-corrected chi connectivity index (χ0v) is 13.5. The molecule has 3 aromatic rings. The quantitative estimate of drug-likeness (QED) is 0.607. The fourth-order valence-electron chi connectivity index (χ4n) is 2.15. The van der Waals surface area contributed by atoms with Crippen molar-refractivity contribution in [2.45, 2.75) is 19.3 Å². The van der Waals surface area contributed by atoms with Gasteiger partial charge in [0.25, 0.3) is 0 Å². The minimum absolute atomic E-state index is 0.427. The van der Waals surface area contributed by atoms with Gasteiger partial charge in [0, 0.05) is 14.2 Å². The van der Waals surface area contributed by atoms with E-state index < -0.39 is 0 Å². The fourth-order valence-corrected chi connectivity index (χ4v) is 3.58. The van der Waals surface area contributed by atoms with Crippen LogP contribution in [0.2, 0.25) is 0 Å². The second-order valence-electron chi connectivity index (χ2n) is 4.39. The minimum atomic E-state index is 0.427. The number of imidazole rings is 1. The first-order chi connectivity index (χ1) is 9.17. The summed E-state index contributed by atoms with van der Waals surface area (Å²) in [5.41, 5.74) is 2.11. The average Bonchev–Trinajstić information content (AvgIpc) is 2.94. The van der Waals surface area contributed by atoms with E-state index in [2.05, 4.69) is 50.6 Å². The van der Waals surface area contributed by atoms with Gasteiger partial charge in [0.2, 0.25) is 0 Å². The summed E-state index contributed by atoms with van der Waals surface area (Å²) < 4.78 is 3.25. The molecule has 2 nitrogen and oxygen atoms in total. The van der Waals surface area contributed by atoms with Crippen molar-refractivity contribution in [3.8, 4) is 0 Å². The molecule has 2 aromatic heterocycles. The molecule has 0 N–H and O–H groups in total. The van der Waals surface area contributed by atoms with Crippen LogP contribution in [0.1, 0.15) is 15.6 Å². The van der Waals surface area contributed by atoms with E-state index in [1.54, 1.807) is 0 Å². The van der Waals surface area contributed by atoms with Crippen molar-refractivity contribution in [2.75, 3.05) is 0 Å². The predicted octanol–water partition coefficient (Wildman–Crippen LogP) is 4.96. The Morgan fingerprint density at radius 3 is 2.84 bits per heavy atom. The molecule has 0 fully saturated rings. The molecule has 1 aromatic carbocycles. The summed E-state index contributed by atoms with van der Waals surface area (Å²) in [5.74, 6) is 1.34. The van der Waals surface area contributed by atoms with Crippen molar-refractivity contribution in [2.24, 2.45) is 0 Å². The summed E-state index contributed by atoms with van der Waals surface area (Å²) in [6, 6.07) is 10.4. The monoisotopic (exact) mass is 354 g/mol. The van der Waals surface area contributed by atoms with Crippen LogP contribution in [-0.2, 0) is 12.4 Å². The smallest absolute Gasteiger partial charge is 0.125 e. The Hall–Kier alpha value is -0.840. The molecule has 98 valence electrons. The number of hydrogen-bond donors (Lipinski definition) is 0. The first-order valence-electron chi connectivity index (χ1n) is 5.93. The van der Waals surface area contributed by atoms with Crippen molar-refractivity contribution in [1.82, 2.24) is 9.55 Å². The number of thiophene rings is 1. The topological polar surface area (TPSA) is 17.8 Å². The number of aryl methyl sites for hydroxylation is 1. The molecule has 0 saturated carbocycles. The molecule has 0 aliphatic carbocycles. The van der Waals surface area contributed by atoms with E-state index in [1.807, 2.05) is 23.5 Å². The number of benzene rings is 1. The number of nitrogens with zero attached hydrogens (tertiary/aromatic N) is 2. The van der Waals surface area contributed by atoms with E-state index in [1.165, 1.54) is 9.75 Å². The van der Waals surface area contributed by atoms with Gasteiger partial charge in [-0.1, -0.05) is 15.9 Å². The van der Waals surface area contributed by atoms with Gasteiger partial charge in [0.1, 0.15) is 5.82 Å². The van der Waals surface area contributed by atoms with E-state index in [0.29, 0.717) is 5.88 Å². The molecule has 0 unspecified atom stereocenters. The largest absolute Gasteiger partial charge is 0.322 e. The minimum Gasteiger partial charge on any atom is -0.322 e. The zero-order chi connectivity index (χ0) is 13.4. The Kier molecular flexibility index (Phi) is 3.65. The Morgan fingerprint density at radius 2 is 2.16 bits per heavy atom. The lowest BCUT2D eigenvalue weighted by atomic mass is 10.3. The maximum atomic E-state index is 6.02. The van der Waals surface area contributed by atoms with Gasteiger partial charge in [-0.05, 0) is 37.3 Å². The number of rotatable bonds is 3. The number of hydrogen-bond acceptors (Lipinski definition) is 2.